The largest absolute Gasteiger partial charge is 0.478 e. The zero-order valence-corrected chi connectivity index (χ0v) is 11.6. The van der Waals surface area contributed by atoms with E-state index in [9.17, 15) is 13.2 Å². The van der Waals surface area contributed by atoms with Crippen LogP contribution >= 0.6 is 0 Å². The first-order valence-corrected chi connectivity index (χ1v) is 7.69. The minimum atomic E-state index is -3.71. The molecule has 1 N–H and O–H groups in total. The number of carboxylic acids is 1. The standard InChI is InChI=1S/C13H17NO4S/c1-10-6-8-14(9-7-10)19(17,18)12-5-3-2-4-11(12)13(15)16/h2-5,10H,6-9H2,1H3,(H,15,16). The SMILES string of the molecule is CC1CCN(S(=O)(=O)c2ccccc2C(=O)O)CC1. The zero-order chi connectivity index (χ0) is 14.0. The van der Waals surface area contributed by atoms with E-state index in [4.69, 9.17) is 5.11 Å². The van der Waals surface area contributed by atoms with Gasteiger partial charge in [0.25, 0.3) is 0 Å². The Bertz CT molecular complexity index is 574. The lowest BCUT2D eigenvalue weighted by Gasteiger charge is -2.29. The third-order valence-electron chi connectivity index (χ3n) is 3.48. The van der Waals surface area contributed by atoms with Gasteiger partial charge in [0, 0.05) is 13.1 Å². The molecule has 1 aromatic rings. The van der Waals surface area contributed by atoms with E-state index in [0.29, 0.717) is 19.0 Å². The molecule has 0 saturated carbocycles. The van der Waals surface area contributed by atoms with Gasteiger partial charge in [0.2, 0.25) is 10.0 Å². The van der Waals surface area contributed by atoms with Crippen LogP contribution in [0.5, 0.6) is 0 Å². The van der Waals surface area contributed by atoms with Gasteiger partial charge in [-0.3, -0.25) is 0 Å². The van der Waals surface area contributed by atoms with Gasteiger partial charge < -0.3 is 5.11 Å². The number of hydrogen-bond acceptors (Lipinski definition) is 3. The zero-order valence-electron chi connectivity index (χ0n) is 10.7. The maximum Gasteiger partial charge on any atom is 0.337 e. The molecule has 1 aliphatic rings. The van der Waals surface area contributed by atoms with Crippen molar-refractivity contribution < 1.29 is 18.3 Å². The Morgan fingerprint density at radius 2 is 1.84 bits per heavy atom. The molecule has 0 amide bonds. The normalized spacial score (nSPS) is 18.4. The fourth-order valence-electron chi connectivity index (χ4n) is 2.23. The molecule has 6 heteroatoms. The summed E-state index contributed by atoms with van der Waals surface area (Å²) in [7, 11) is -3.71. The van der Waals surface area contributed by atoms with Crippen molar-refractivity contribution in [2.75, 3.05) is 13.1 Å². The van der Waals surface area contributed by atoms with E-state index in [1.54, 1.807) is 6.07 Å². The average molecular weight is 283 g/mol. The molecule has 1 saturated heterocycles. The van der Waals surface area contributed by atoms with Crippen LogP contribution in [0.3, 0.4) is 0 Å². The van der Waals surface area contributed by atoms with Crippen molar-refractivity contribution in [3.8, 4) is 0 Å². The lowest BCUT2D eigenvalue weighted by molar-refractivity contribution is 0.0692. The van der Waals surface area contributed by atoms with Crippen LogP contribution in [0.15, 0.2) is 29.2 Å². The van der Waals surface area contributed by atoms with Crippen molar-refractivity contribution in [2.24, 2.45) is 5.92 Å². The second-order valence-electron chi connectivity index (χ2n) is 4.89. The number of benzene rings is 1. The van der Waals surface area contributed by atoms with E-state index in [1.165, 1.54) is 22.5 Å². The van der Waals surface area contributed by atoms with Gasteiger partial charge in [-0.2, -0.15) is 4.31 Å². The van der Waals surface area contributed by atoms with E-state index in [2.05, 4.69) is 6.92 Å². The molecule has 19 heavy (non-hydrogen) atoms. The van der Waals surface area contributed by atoms with Crippen LogP contribution in [0.25, 0.3) is 0 Å². The number of sulfonamides is 1. The summed E-state index contributed by atoms with van der Waals surface area (Å²) < 4.78 is 26.3. The minimum absolute atomic E-state index is 0.114. The Kier molecular flexibility index (Phi) is 3.91. The Morgan fingerprint density at radius 3 is 2.42 bits per heavy atom. The third-order valence-corrected chi connectivity index (χ3v) is 5.43. The van der Waals surface area contributed by atoms with Crippen LogP contribution in [0, 0.1) is 5.92 Å². The quantitative estimate of drug-likeness (QED) is 0.918. The molecule has 1 aliphatic heterocycles. The van der Waals surface area contributed by atoms with Crippen LogP contribution < -0.4 is 0 Å². The minimum Gasteiger partial charge on any atom is -0.478 e. The second kappa shape index (κ2) is 5.30. The summed E-state index contributed by atoms with van der Waals surface area (Å²) >= 11 is 0. The van der Waals surface area contributed by atoms with Crippen molar-refractivity contribution in [3.05, 3.63) is 29.8 Å². The second-order valence-corrected chi connectivity index (χ2v) is 6.79. The van der Waals surface area contributed by atoms with Crippen LogP contribution in [0.1, 0.15) is 30.1 Å². The number of hydrogen-bond donors (Lipinski definition) is 1. The van der Waals surface area contributed by atoms with Gasteiger partial charge in [-0.1, -0.05) is 19.1 Å². The van der Waals surface area contributed by atoms with Crippen LogP contribution in [0.2, 0.25) is 0 Å². The van der Waals surface area contributed by atoms with Crippen LogP contribution in [-0.4, -0.2) is 36.9 Å². The summed E-state index contributed by atoms with van der Waals surface area (Å²) in [5.74, 6) is -0.703. The van der Waals surface area contributed by atoms with Gasteiger partial charge >= 0.3 is 5.97 Å². The van der Waals surface area contributed by atoms with Crippen LogP contribution in [-0.2, 0) is 10.0 Å². The summed E-state index contributed by atoms with van der Waals surface area (Å²) in [4.78, 5) is 11.0. The van der Waals surface area contributed by atoms with E-state index in [-0.39, 0.29) is 10.5 Å². The Hall–Kier alpha value is -1.40. The Labute approximate surface area is 112 Å². The first-order valence-electron chi connectivity index (χ1n) is 6.25. The van der Waals surface area contributed by atoms with Gasteiger partial charge in [0.15, 0.2) is 0 Å². The molecule has 0 spiro atoms. The molecule has 0 aliphatic carbocycles. The highest BCUT2D eigenvalue weighted by Crippen LogP contribution is 2.25. The maximum atomic E-state index is 12.5. The van der Waals surface area contributed by atoms with Crippen molar-refractivity contribution >= 4 is 16.0 Å². The summed E-state index contributed by atoms with van der Waals surface area (Å²) in [5.41, 5.74) is -0.166. The van der Waals surface area contributed by atoms with Crippen LogP contribution in [0.4, 0.5) is 0 Å². The number of piperidine rings is 1. The molecule has 0 aromatic heterocycles. The first kappa shape index (κ1) is 14.0. The molecule has 1 heterocycles. The molecular formula is C13H17NO4S. The molecule has 104 valence electrons. The van der Waals surface area contributed by atoms with E-state index < -0.39 is 16.0 Å². The Balaban J connectivity index is 2.37. The average Bonchev–Trinajstić information content (AvgIpc) is 2.39. The fourth-order valence-corrected chi connectivity index (χ4v) is 3.89. The molecule has 2 rings (SSSR count). The summed E-state index contributed by atoms with van der Waals surface area (Å²) in [5, 5.41) is 9.09. The molecule has 0 bridgehead atoms. The van der Waals surface area contributed by atoms with E-state index in [0.717, 1.165) is 12.8 Å². The summed E-state index contributed by atoms with van der Waals surface area (Å²) in [6.07, 6.45) is 1.63. The van der Waals surface area contributed by atoms with Crippen molar-refractivity contribution in [1.82, 2.24) is 4.31 Å². The van der Waals surface area contributed by atoms with Gasteiger partial charge in [-0.25, -0.2) is 13.2 Å². The number of rotatable bonds is 3. The van der Waals surface area contributed by atoms with Gasteiger partial charge in [-0.05, 0) is 30.9 Å². The lowest BCUT2D eigenvalue weighted by atomic mass is 10.0. The van der Waals surface area contributed by atoms with E-state index in [1.807, 2.05) is 0 Å². The smallest absolute Gasteiger partial charge is 0.337 e. The summed E-state index contributed by atoms with van der Waals surface area (Å²) in [6.45, 7) is 3.00. The predicted molar refractivity (Wildman–Crippen MR) is 70.6 cm³/mol. The maximum absolute atomic E-state index is 12.5. The highest BCUT2D eigenvalue weighted by Gasteiger charge is 2.30. The van der Waals surface area contributed by atoms with Crippen molar-refractivity contribution in [3.63, 3.8) is 0 Å². The molecule has 0 unspecified atom stereocenters. The molecule has 1 aromatic carbocycles. The third kappa shape index (κ3) is 2.79. The predicted octanol–water partition coefficient (Wildman–Crippen LogP) is 1.81. The Morgan fingerprint density at radius 1 is 1.26 bits per heavy atom. The fraction of sp³-hybridized carbons (Fsp3) is 0.462. The molecule has 0 radical (unpaired) electrons. The molecule has 5 nitrogen and oxygen atoms in total. The summed E-state index contributed by atoms with van der Waals surface area (Å²) in [6, 6.07) is 5.76. The van der Waals surface area contributed by atoms with E-state index >= 15 is 0 Å². The monoisotopic (exact) mass is 283 g/mol. The molecule has 1 fully saturated rings. The number of aromatic carboxylic acids is 1. The molecular weight excluding hydrogens is 266 g/mol. The number of carbonyl (C=O) groups is 1. The van der Waals surface area contributed by atoms with Crippen molar-refractivity contribution in [1.29, 1.82) is 0 Å². The number of nitrogens with zero attached hydrogens (tertiary/aromatic N) is 1. The molecule has 0 atom stereocenters. The highest BCUT2D eigenvalue weighted by molar-refractivity contribution is 7.89. The highest BCUT2D eigenvalue weighted by atomic mass is 32.2. The van der Waals surface area contributed by atoms with Gasteiger partial charge in [0.05, 0.1) is 10.5 Å². The van der Waals surface area contributed by atoms with Gasteiger partial charge in [-0.15, -0.1) is 0 Å². The first-order chi connectivity index (χ1) is 8.93. The topological polar surface area (TPSA) is 74.7 Å². The number of carboxylic acid groups (broad SMARTS) is 1. The van der Waals surface area contributed by atoms with Gasteiger partial charge in [0.1, 0.15) is 0 Å². The van der Waals surface area contributed by atoms with Crippen molar-refractivity contribution in [2.45, 2.75) is 24.7 Å². The lowest BCUT2D eigenvalue weighted by Crippen LogP contribution is -2.38.